The molecule has 2 aromatic rings. The Morgan fingerprint density at radius 3 is 3.00 bits per heavy atom. The minimum atomic E-state index is -0.154. The van der Waals surface area contributed by atoms with Crippen LogP contribution in [0.1, 0.15) is 24.2 Å². The Bertz CT molecular complexity index is 582. The molecule has 1 aliphatic carbocycles. The summed E-state index contributed by atoms with van der Waals surface area (Å²) < 4.78 is 7.33. The van der Waals surface area contributed by atoms with Crippen LogP contribution in [0.4, 0.5) is 0 Å². The largest absolute Gasteiger partial charge is 0.427 e. The van der Waals surface area contributed by atoms with Gasteiger partial charge in [-0.3, -0.25) is 0 Å². The van der Waals surface area contributed by atoms with Crippen LogP contribution in [0.2, 0.25) is 0 Å². The Kier molecular flexibility index (Phi) is 2.35. The van der Waals surface area contributed by atoms with E-state index in [1.165, 1.54) is 23.3 Å². The lowest BCUT2D eigenvalue weighted by Gasteiger charge is -2.13. The Labute approximate surface area is 104 Å². The van der Waals surface area contributed by atoms with Crippen molar-refractivity contribution in [1.29, 1.82) is 0 Å². The van der Waals surface area contributed by atoms with Gasteiger partial charge in [0.15, 0.2) is 0 Å². The monoisotopic (exact) mass is 332 g/mol. The lowest BCUT2D eigenvalue weighted by molar-refractivity contribution is 0.437. The maximum atomic E-state index is 11.7. The molecule has 78 valence electrons. The molecule has 0 saturated heterocycles. The van der Waals surface area contributed by atoms with Crippen molar-refractivity contribution >= 4 is 44.0 Å². The van der Waals surface area contributed by atoms with E-state index in [4.69, 9.17) is 4.42 Å². The van der Waals surface area contributed by atoms with Gasteiger partial charge in [-0.1, -0.05) is 0 Å². The molecule has 0 bridgehead atoms. The molecule has 0 radical (unpaired) electrons. The molecule has 0 atom stereocenters. The van der Waals surface area contributed by atoms with E-state index >= 15 is 0 Å². The van der Waals surface area contributed by atoms with E-state index in [0.29, 0.717) is 0 Å². The van der Waals surface area contributed by atoms with Gasteiger partial charge in [0.1, 0.15) is 10.5 Å². The van der Waals surface area contributed by atoms with Crippen LogP contribution >= 0.6 is 33.9 Å². The van der Waals surface area contributed by atoms with Crippen molar-refractivity contribution in [2.24, 2.45) is 0 Å². The maximum absolute atomic E-state index is 11.7. The minimum absolute atomic E-state index is 0.154. The molecule has 0 aromatic carbocycles. The van der Waals surface area contributed by atoms with Gasteiger partial charge < -0.3 is 4.42 Å². The van der Waals surface area contributed by atoms with Gasteiger partial charge in [-0.2, -0.15) is 0 Å². The van der Waals surface area contributed by atoms with Crippen LogP contribution in [0.15, 0.2) is 15.3 Å². The topological polar surface area (TPSA) is 30.2 Å². The van der Waals surface area contributed by atoms with Gasteiger partial charge in [-0.05, 0) is 53.5 Å². The summed E-state index contributed by atoms with van der Waals surface area (Å²) in [5.74, 6) is 0.924. The van der Waals surface area contributed by atoms with Gasteiger partial charge in [0.25, 0.3) is 0 Å². The minimum Gasteiger partial charge on any atom is -0.427 e. The third-order valence-corrected chi connectivity index (χ3v) is 4.72. The SMILES string of the molecule is O=c1oc2c(c3cc(I)sc13)CCCC2. The first-order valence-electron chi connectivity index (χ1n) is 4.99. The van der Waals surface area contributed by atoms with Crippen molar-refractivity contribution in [3.63, 3.8) is 0 Å². The van der Waals surface area contributed by atoms with E-state index < -0.39 is 0 Å². The Morgan fingerprint density at radius 1 is 1.33 bits per heavy atom. The first kappa shape index (κ1) is 9.84. The standard InChI is InChI=1S/C11H9IO2S/c12-9-5-7-6-3-1-2-4-8(6)14-11(13)10(7)15-9/h5H,1-4H2. The summed E-state index contributed by atoms with van der Waals surface area (Å²) >= 11 is 3.79. The second kappa shape index (κ2) is 3.59. The molecule has 1 aliphatic rings. The van der Waals surface area contributed by atoms with Crippen molar-refractivity contribution in [3.8, 4) is 0 Å². The number of hydrogen-bond acceptors (Lipinski definition) is 3. The number of rotatable bonds is 0. The normalized spacial score (nSPS) is 15.5. The van der Waals surface area contributed by atoms with Gasteiger partial charge in [0, 0.05) is 11.8 Å². The van der Waals surface area contributed by atoms with Crippen LogP contribution in [0, 0.1) is 2.88 Å². The van der Waals surface area contributed by atoms with Gasteiger partial charge >= 0.3 is 5.63 Å². The van der Waals surface area contributed by atoms with Gasteiger partial charge in [0.05, 0.1) is 2.88 Å². The van der Waals surface area contributed by atoms with Crippen molar-refractivity contribution in [3.05, 3.63) is 30.7 Å². The highest BCUT2D eigenvalue weighted by molar-refractivity contribution is 14.1. The van der Waals surface area contributed by atoms with Gasteiger partial charge in [0.2, 0.25) is 0 Å². The molecule has 0 aliphatic heterocycles. The summed E-state index contributed by atoms with van der Waals surface area (Å²) in [6.45, 7) is 0. The third-order valence-electron chi connectivity index (χ3n) is 2.85. The number of thiophene rings is 1. The van der Waals surface area contributed by atoms with E-state index in [2.05, 4.69) is 28.7 Å². The first-order valence-corrected chi connectivity index (χ1v) is 6.89. The molecular weight excluding hydrogens is 323 g/mol. The van der Waals surface area contributed by atoms with Crippen LogP contribution < -0.4 is 5.63 Å². The molecular formula is C11H9IO2S. The summed E-state index contributed by atoms with van der Waals surface area (Å²) in [4.78, 5) is 11.7. The van der Waals surface area contributed by atoms with E-state index in [1.54, 1.807) is 0 Å². The van der Waals surface area contributed by atoms with Crippen LogP contribution in [0.25, 0.3) is 10.1 Å². The zero-order chi connectivity index (χ0) is 10.4. The molecule has 0 spiro atoms. The number of fused-ring (bicyclic) bond motifs is 3. The highest BCUT2D eigenvalue weighted by Gasteiger charge is 2.18. The zero-order valence-corrected chi connectivity index (χ0v) is 11.0. The molecule has 0 fully saturated rings. The molecule has 0 N–H and O–H groups in total. The van der Waals surface area contributed by atoms with Gasteiger partial charge in [-0.25, -0.2) is 4.79 Å². The van der Waals surface area contributed by atoms with E-state index in [1.807, 2.05) is 0 Å². The fourth-order valence-corrected chi connectivity index (χ4v) is 3.93. The van der Waals surface area contributed by atoms with Crippen LogP contribution in [-0.4, -0.2) is 0 Å². The maximum Gasteiger partial charge on any atom is 0.354 e. The highest BCUT2D eigenvalue weighted by atomic mass is 127. The molecule has 15 heavy (non-hydrogen) atoms. The van der Waals surface area contributed by atoms with Gasteiger partial charge in [-0.15, -0.1) is 11.3 Å². The van der Waals surface area contributed by atoms with Crippen molar-refractivity contribution in [1.82, 2.24) is 0 Å². The predicted molar refractivity (Wildman–Crippen MR) is 69.7 cm³/mol. The Morgan fingerprint density at radius 2 is 2.13 bits per heavy atom. The molecule has 0 saturated carbocycles. The number of halogens is 1. The van der Waals surface area contributed by atoms with Crippen LogP contribution in [0.3, 0.4) is 0 Å². The summed E-state index contributed by atoms with van der Waals surface area (Å²) in [5.41, 5.74) is 1.12. The van der Waals surface area contributed by atoms with Crippen molar-refractivity contribution in [2.75, 3.05) is 0 Å². The smallest absolute Gasteiger partial charge is 0.354 e. The molecule has 0 unspecified atom stereocenters. The second-order valence-corrected chi connectivity index (χ2v) is 6.74. The highest BCUT2D eigenvalue weighted by Crippen LogP contribution is 2.32. The fraction of sp³-hybridized carbons (Fsp3) is 0.364. The summed E-state index contributed by atoms with van der Waals surface area (Å²) in [5, 5.41) is 1.13. The summed E-state index contributed by atoms with van der Waals surface area (Å²) in [6, 6.07) is 2.11. The second-order valence-electron chi connectivity index (χ2n) is 3.79. The molecule has 2 heterocycles. The quantitative estimate of drug-likeness (QED) is 0.693. The molecule has 4 heteroatoms. The Hall–Kier alpha value is -0.360. The number of hydrogen-bond donors (Lipinski definition) is 0. The third kappa shape index (κ3) is 1.54. The van der Waals surface area contributed by atoms with Crippen LogP contribution in [-0.2, 0) is 12.8 Å². The summed E-state index contributed by atoms with van der Waals surface area (Å²) in [7, 11) is 0. The molecule has 2 nitrogen and oxygen atoms in total. The lowest BCUT2D eigenvalue weighted by atomic mass is 9.95. The molecule has 0 amide bonds. The zero-order valence-electron chi connectivity index (χ0n) is 8.01. The lowest BCUT2D eigenvalue weighted by Crippen LogP contribution is -2.09. The van der Waals surface area contributed by atoms with Crippen molar-refractivity contribution in [2.45, 2.75) is 25.7 Å². The van der Waals surface area contributed by atoms with E-state index in [-0.39, 0.29) is 5.63 Å². The molecule has 2 aromatic heterocycles. The van der Waals surface area contributed by atoms with Crippen LogP contribution in [0.5, 0.6) is 0 Å². The Balaban J connectivity index is 2.44. The predicted octanol–water partition coefficient (Wildman–Crippen LogP) is 3.34. The first-order chi connectivity index (χ1) is 7.25. The average molecular weight is 332 g/mol. The fourth-order valence-electron chi connectivity index (χ4n) is 2.17. The summed E-state index contributed by atoms with van der Waals surface area (Å²) in [6.07, 6.45) is 4.33. The number of aryl methyl sites for hydroxylation is 2. The van der Waals surface area contributed by atoms with E-state index in [0.717, 1.165) is 38.0 Å². The van der Waals surface area contributed by atoms with E-state index in [9.17, 15) is 4.79 Å². The molecule has 3 rings (SSSR count). The average Bonchev–Trinajstić information content (AvgIpc) is 2.61. The van der Waals surface area contributed by atoms with Crippen molar-refractivity contribution < 1.29 is 4.42 Å².